The smallest absolute Gasteiger partial charge is 0.0613 e. The average Bonchev–Trinajstić information content (AvgIpc) is 3.98. The van der Waals surface area contributed by atoms with Crippen LogP contribution in [0.5, 0.6) is 0 Å². The minimum Gasteiger partial charge on any atom is -0.374 e. The lowest BCUT2D eigenvalue weighted by atomic mass is 9.62. The van der Waals surface area contributed by atoms with Gasteiger partial charge in [0.15, 0.2) is 0 Å². The Balaban J connectivity index is 0.703. The predicted molar refractivity (Wildman–Crippen MR) is 246 cm³/mol. The van der Waals surface area contributed by atoms with Gasteiger partial charge in [-0.15, -0.1) is 0 Å². The highest BCUT2D eigenvalue weighted by Gasteiger charge is 2.59. The maximum absolute atomic E-state index is 6.89. The molecule has 0 bridgehead atoms. The van der Waals surface area contributed by atoms with Gasteiger partial charge in [-0.05, 0) is 219 Å². The maximum atomic E-state index is 6.89. The molecule has 3 aliphatic heterocycles. The predicted octanol–water partition coefficient (Wildman–Crippen LogP) is 14.5. The molecule has 0 N–H and O–H groups in total. The minimum absolute atomic E-state index is 0.629. The van der Waals surface area contributed by atoms with E-state index in [1.807, 2.05) is 0 Å². The van der Waals surface area contributed by atoms with Crippen molar-refractivity contribution in [2.45, 2.75) is 263 Å². The zero-order valence-electron chi connectivity index (χ0n) is 37.1. The first-order chi connectivity index (χ1) is 28.7. The molecule has 12 rings (SSSR count). The third-order valence-corrected chi connectivity index (χ3v) is 25.8. The van der Waals surface area contributed by atoms with Crippen LogP contribution < -0.4 is 0 Å². The van der Waals surface area contributed by atoms with Crippen LogP contribution in [0, 0.1) is 71.0 Å². The van der Waals surface area contributed by atoms with E-state index in [4.69, 9.17) is 4.74 Å². The number of fused-ring (bicyclic) bond motifs is 10. The number of nitrogens with zero attached hydrogens (tertiary/aromatic N) is 1. The molecule has 0 aromatic rings. The van der Waals surface area contributed by atoms with E-state index in [1.165, 1.54) is 96.3 Å². The van der Waals surface area contributed by atoms with E-state index >= 15 is 0 Å². The van der Waals surface area contributed by atoms with E-state index in [0.29, 0.717) is 12.2 Å². The second kappa shape index (κ2) is 17.5. The van der Waals surface area contributed by atoms with Crippen molar-refractivity contribution in [3.63, 3.8) is 0 Å². The summed E-state index contributed by atoms with van der Waals surface area (Å²) >= 11 is 5.18. The van der Waals surface area contributed by atoms with Crippen molar-refractivity contribution in [2.24, 2.45) is 71.0 Å². The van der Waals surface area contributed by atoms with Crippen molar-refractivity contribution in [3.05, 3.63) is 0 Å². The number of thioether (sulfide) groups is 2. The Morgan fingerprint density at radius 2 is 0.845 bits per heavy atom. The lowest BCUT2D eigenvalue weighted by Crippen LogP contribution is -2.53. The second-order valence-electron chi connectivity index (χ2n) is 24.3. The van der Waals surface area contributed by atoms with Crippen LogP contribution in [0.25, 0.3) is 0 Å². The molecule has 14 atom stereocenters. The van der Waals surface area contributed by atoms with Crippen molar-refractivity contribution < 1.29 is 4.74 Å². The number of ether oxygens (including phenoxy) is 1. The summed E-state index contributed by atoms with van der Waals surface area (Å²) < 4.78 is 6.89. The quantitative estimate of drug-likeness (QED) is 0.264. The molecule has 2 nitrogen and oxygen atoms in total. The van der Waals surface area contributed by atoms with Gasteiger partial charge in [0.25, 0.3) is 0 Å². The lowest BCUT2D eigenvalue weighted by molar-refractivity contribution is -0.0276. The second-order valence-corrected chi connectivity index (χ2v) is 27.1. The first-order valence-electron chi connectivity index (χ1n) is 27.5. The van der Waals surface area contributed by atoms with Crippen LogP contribution in [0.4, 0.5) is 0 Å². The Morgan fingerprint density at radius 1 is 0.310 bits per heavy atom. The van der Waals surface area contributed by atoms with Crippen LogP contribution in [0.15, 0.2) is 0 Å². The molecule has 58 heavy (non-hydrogen) atoms. The Hall–Kier alpha value is 0.620. The fraction of sp³-hybridized carbons (Fsp3) is 1.00. The highest BCUT2D eigenvalue weighted by Crippen LogP contribution is 2.66. The van der Waals surface area contributed by atoms with Crippen LogP contribution in [-0.4, -0.2) is 56.2 Å². The molecule has 4 heteroatoms. The van der Waals surface area contributed by atoms with Crippen LogP contribution >= 0.6 is 23.5 Å². The molecule has 3 saturated heterocycles. The van der Waals surface area contributed by atoms with Crippen LogP contribution in [-0.2, 0) is 4.74 Å². The van der Waals surface area contributed by atoms with Gasteiger partial charge < -0.3 is 4.74 Å². The van der Waals surface area contributed by atoms with Gasteiger partial charge >= 0.3 is 0 Å². The van der Waals surface area contributed by atoms with E-state index in [1.54, 1.807) is 116 Å². The first-order valence-corrected chi connectivity index (χ1v) is 29.4. The first kappa shape index (κ1) is 40.2. The maximum Gasteiger partial charge on any atom is 0.0613 e. The standard InChI is InChI=1S/C54H87NOS2/c1-2-9-34(10-3-1)35-17-24-39(25-18-35)55(40-26-19-36(20-27-40)38-23-30-44-43-11-4-6-15-48(43)56-49(44)33-38)41-28-21-37(22-29-41)42-13-8-14-45-46-31-32-51-52(54(46)58-53(42)45)47-12-5-7-16-50(47)57-51/h34-54H,1-33H2. The van der Waals surface area contributed by atoms with E-state index in [0.717, 1.165) is 110 Å². The summed E-state index contributed by atoms with van der Waals surface area (Å²) in [5.74, 6) is 12.4. The summed E-state index contributed by atoms with van der Waals surface area (Å²) in [5, 5.41) is 4.16. The number of hydrogen-bond acceptors (Lipinski definition) is 4. The molecule has 0 radical (unpaired) electrons. The SMILES string of the molecule is C1CCC(C2CCC(N(C3CCC(C4CCC5C(C4)OC4CCCCC45)CC3)C3CCC(C4CCCC5C6CCC7SC8CCCCC8C7C6SC45)CC3)CC2)CC1. The summed E-state index contributed by atoms with van der Waals surface area (Å²) in [7, 11) is 0. The van der Waals surface area contributed by atoms with E-state index < -0.39 is 0 Å². The fourth-order valence-corrected chi connectivity index (χ4v) is 24.2. The molecule has 12 aliphatic rings. The monoisotopic (exact) mass is 830 g/mol. The van der Waals surface area contributed by atoms with Gasteiger partial charge in [0.1, 0.15) is 0 Å². The highest BCUT2D eigenvalue weighted by atomic mass is 32.2. The topological polar surface area (TPSA) is 12.5 Å². The summed E-state index contributed by atoms with van der Waals surface area (Å²) in [6.45, 7) is 0. The van der Waals surface area contributed by atoms with Crippen molar-refractivity contribution >= 4 is 23.5 Å². The van der Waals surface area contributed by atoms with Gasteiger partial charge in [0.2, 0.25) is 0 Å². The lowest BCUT2D eigenvalue weighted by Gasteiger charge is -2.51. The Kier molecular flexibility index (Phi) is 12.1. The highest BCUT2D eigenvalue weighted by molar-refractivity contribution is 8.02. The Labute approximate surface area is 365 Å². The zero-order chi connectivity index (χ0) is 38.2. The molecular weight excluding hydrogens is 743 g/mol. The Bertz CT molecular complexity index is 1360. The van der Waals surface area contributed by atoms with Crippen LogP contribution in [0.3, 0.4) is 0 Å². The largest absolute Gasteiger partial charge is 0.374 e. The average molecular weight is 830 g/mol. The summed E-state index contributed by atoms with van der Waals surface area (Å²) in [6.07, 6.45) is 51.9. The van der Waals surface area contributed by atoms with Crippen molar-refractivity contribution in [1.82, 2.24) is 4.90 Å². The van der Waals surface area contributed by atoms with Gasteiger partial charge in [-0.1, -0.05) is 64.2 Å². The third kappa shape index (κ3) is 7.52. The molecule has 12 fully saturated rings. The van der Waals surface area contributed by atoms with Crippen LogP contribution in [0.2, 0.25) is 0 Å². The molecular formula is C54H87NOS2. The molecule has 3 heterocycles. The number of rotatable bonds is 6. The summed E-state index contributed by atoms with van der Waals surface area (Å²) in [4.78, 5) is 3.37. The molecule has 14 unspecified atom stereocenters. The summed E-state index contributed by atoms with van der Waals surface area (Å²) in [6, 6.07) is 2.70. The minimum atomic E-state index is 0.629. The van der Waals surface area contributed by atoms with Gasteiger partial charge in [-0.3, -0.25) is 4.90 Å². The molecule has 326 valence electrons. The van der Waals surface area contributed by atoms with Crippen molar-refractivity contribution in [1.29, 1.82) is 0 Å². The van der Waals surface area contributed by atoms with Gasteiger partial charge in [-0.2, -0.15) is 23.5 Å². The summed E-state index contributed by atoms with van der Waals surface area (Å²) in [5.41, 5.74) is 0. The van der Waals surface area contributed by atoms with Gasteiger partial charge in [-0.25, -0.2) is 0 Å². The molecule has 0 spiro atoms. The molecule has 9 saturated carbocycles. The van der Waals surface area contributed by atoms with Crippen molar-refractivity contribution in [2.75, 3.05) is 0 Å². The number of hydrogen-bond donors (Lipinski definition) is 0. The zero-order valence-corrected chi connectivity index (χ0v) is 38.8. The molecule has 0 aromatic carbocycles. The van der Waals surface area contributed by atoms with E-state index in [9.17, 15) is 0 Å². The van der Waals surface area contributed by atoms with E-state index in [2.05, 4.69) is 28.4 Å². The molecule has 9 aliphatic carbocycles. The molecule has 0 amide bonds. The normalized spacial score (nSPS) is 53.5. The van der Waals surface area contributed by atoms with Gasteiger partial charge in [0.05, 0.1) is 12.2 Å². The Morgan fingerprint density at radius 3 is 1.60 bits per heavy atom. The van der Waals surface area contributed by atoms with Crippen molar-refractivity contribution in [3.8, 4) is 0 Å². The van der Waals surface area contributed by atoms with Crippen LogP contribution in [0.1, 0.15) is 212 Å². The third-order valence-electron chi connectivity index (χ3n) is 22.0. The van der Waals surface area contributed by atoms with Gasteiger partial charge in [0, 0.05) is 39.1 Å². The molecule has 0 aromatic heterocycles. The fourth-order valence-electron chi connectivity index (χ4n) is 19.4. The van der Waals surface area contributed by atoms with E-state index in [-0.39, 0.29) is 0 Å².